The van der Waals surface area contributed by atoms with Gasteiger partial charge in [0.25, 0.3) is 0 Å². The molecule has 0 amide bonds. The maximum atomic E-state index is 6.27. The number of nitrogens with two attached hydrogens (primary N) is 1. The van der Waals surface area contributed by atoms with Gasteiger partial charge in [-0.1, -0.05) is 17.7 Å². The quantitative estimate of drug-likeness (QED) is 0.686. The van der Waals surface area contributed by atoms with Gasteiger partial charge in [-0.05, 0) is 32.0 Å². The van der Waals surface area contributed by atoms with Crippen LogP contribution in [-0.2, 0) is 12.3 Å². The van der Waals surface area contributed by atoms with Crippen LogP contribution in [0.25, 0.3) is 0 Å². The van der Waals surface area contributed by atoms with Gasteiger partial charge < -0.3 is 5.73 Å². The Hall–Kier alpha value is -1.13. The van der Waals surface area contributed by atoms with Crippen LogP contribution in [0.3, 0.4) is 0 Å². The fraction of sp³-hybridized carbons (Fsp3) is 0.308. The molecule has 0 aliphatic heterocycles. The van der Waals surface area contributed by atoms with E-state index in [0.717, 1.165) is 39.3 Å². The summed E-state index contributed by atoms with van der Waals surface area (Å²) in [5, 5.41) is 5.18. The molecule has 1 aromatic heterocycles. The Balaban J connectivity index is 2.15. The molecule has 0 spiro atoms. The van der Waals surface area contributed by atoms with Crippen molar-refractivity contribution in [3.63, 3.8) is 0 Å². The number of anilines is 1. The van der Waals surface area contributed by atoms with Gasteiger partial charge in [0.1, 0.15) is 0 Å². The minimum Gasteiger partial charge on any atom is -0.399 e. The summed E-state index contributed by atoms with van der Waals surface area (Å²) in [7, 11) is 0. The van der Waals surface area contributed by atoms with Crippen molar-refractivity contribution in [2.24, 2.45) is 0 Å². The van der Waals surface area contributed by atoms with Gasteiger partial charge in [0, 0.05) is 22.9 Å². The first-order valence-electron chi connectivity index (χ1n) is 5.82. The highest BCUT2D eigenvalue weighted by Gasteiger charge is 2.12. The third-order valence-electron chi connectivity index (χ3n) is 2.69. The van der Waals surface area contributed by atoms with E-state index >= 15 is 0 Å². The van der Waals surface area contributed by atoms with Crippen molar-refractivity contribution in [1.82, 2.24) is 9.78 Å². The van der Waals surface area contributed by atoms with Gasteiger partial charge in [-0.25, -0.2) is 0 Å². The molecule has 2 N–H and O–H groups in total. The van der Waals surface area contributed by atoms with Crippen LogP contribution < -0.4 is 5.73 Å². The Morgan fingerprint density at radius 3 is 2.89 bits per heavy atom. The van der Waals surface area contributed by atoms with E-state index in [1.807, 2.05) is 29.8 Å². The van der Waals surface area contributed by atoms with Crippen LogP contribution in [-0.4, -0.2) is 9.78 Å². The predicted octanol–water partition coefficient (Wildman–Crippen LogP) is 3.74. The SMILES string of the molecule is CCn1nc(C)c(Cl)c1CSc1cccc(N)c1. The molecular formula is C13H16ClN3S. The van der Waals surface area contributed by atoms with Gasteiger partial charge >= 0.3 is 0 Å². The lowest BCUT2D eigenvalue weighted by atomic mass is 10.3. The lowest BCUT2D eigenvalue weighted by Crippen LogP contribution is -2.01. The molecule has 0 saturated carbocycles. The van der Waals surface area contributed by atoms with Crippen molar-refractivity contribution in [3.8, 4) is 0 Å². The Bertz CT molecular complexity index is 551. The van der Waals surface area contributed by atoms with Crippen LogP contribution in [0, 0.1) is 6.92 Å². The molecule has 0 atom stereocenters. The third kappa shape index (κ3) is 2.82. The van der Waals surface area contributed by atoms with Gasteiger partial charge in [0.15, 0.2) is 0 Å². The van der Waals surface area contributed by atoms with Crippen LogP contribution in [0.15, 0.2) is 29.2 Å². The van der Waals surface area contributed by atoms with E-state index in [1.165, 1.54) is 0 Å². The molecule has 0 fully saturated rings. The van der Waals surface area contributed by atoms with E-state index in [2.05, 4.69) is 18.1 Å². The van der Waals surface area contributed by atoms with E-state index in [0.29, 0.717) is 0 Å². The minimum atomic E-state index is 0.772. The van der Waals surface area contributed by atoms with E-state index in [-0.39, 0.29) is 0 Å². The maximum Gasteiger partial charge on any atom is 0.0855 e. The van der Waals surface area contributed by atoms with Crippen LogP contribution in [0.1, 0.15) is 18.3 Å². The van der Waals surface area contributed by atoms with Crippen molar-refractivity contribution >= 4 is 29.1 Å². The van der Waals surface area contributed by atoms with E-state index in [9.17, 15) is 0 Å². The smallest absolute Gasteiger partial charge is 0.0855 e. The van der Waals surface area contributed by atoms with Crippen molar-refractivity contribution in [1.29, 1.82) is 0 Å². The lowest BCUT2D eigenvalue weighted by molar-refractivity contribution is 0.632. The fourth-order valence-electron chi connectivity index (χ4n) is 1.76. The summed E-state index contributed by atoms with van der Waals surface area (Å²) in [6.45, 7) is 4.83. The molecule has 0 saturated heterocycles. The number of nitrogen functional groups attached to an aromatic ring is 1. The number of hydrogen-bond acceptors (Lipinski definition) is 3. The number of nitrogens with zero attached hydrogens (tertiary/aromatic N) is 2. The van der Waals surface area contributed by atoms with Crippen molar-refractivity contribution < 1.29 is 0 Å². The molecular weight excluding hydrogens is 266 g/mol. The number of halogens is 1. The Labute approximate surface area is 116 Å². The van der Waals surface area contributed by atoms with Crippen LogP contribution >= 0.6 is 23.4 Å². The van der Waals surface area contributed by atoms with Gasteiger partial charge in [-0.2, -0.15) is 5.10 Å². The number of benzene rings is 1. The average molecular weight is 282 g/mol. The molecule has 0 aliphatic carbocycles. The second-order valence-corrected chi connectivity index (χ2v) is 5.45. The van der Waals surface area contributed by atoms with Crippen LogP contribution in [0.4, 0.5) is 5.69 Å². The Morgan fingerprint density at radius 1 is 1.44 bits per heavy atom. The van der Waals surface area contributed by atoms with Crippen molar-refractivity contribution in [3.05, 3.63) is 40.7 Å². The molecule has 1 heterocycles. The standard InChI is InChI=1S/C13H16ClN3S/c1-3-17-12(13(14)9(2)16-17)8-18-11-6-4-5-10(15)7-11/h4-7H,3,8,15H2,1-2H3. The van der Waals surface area contributed by atoms with Crippen molar-refractivity contribution in [2.45, 2.75) is 31.0 Å². The molecule has 3 nitrogen and oxygen atoms in total. The normalized spacial score (nSPS) is 10.8. The number of thioether (sulfide) groups is 1. The van der Waals surface area contributed by atoms with Gasteiger partial charge in [0.05, 0.1) is 16.4 Å². The zero-order valence-corrected chi connectivity index (χ0v) is 12.1. The third-order valence-corrected chi connectivity index (χ3v) is 4.18. The summed E-state index contributed by atoms with van der Waals surface area (Å²) in [6.07, 6.45) is 0. The minimum absolute atomic E-state index is 0.772. The number of aryl methyl sites for hydroxylation is 2. The summed E-state index contributed by atoms with van der Waals surface area (Å²) >= 11 is 7.99. The topological polar surface area (TPSA) is 43.8 Å². The molecule has 0 aliphatic rings. The molecule has 96 valence electrons. The average Bonchev–Trinajstić information content (AvgIpc) is 2.63. The second kappa shape index (κ2) is 5.67. The highest BCUT2D eigenvalue weighted by atomic mass is 35.5. The van der Waals surface area contributed by atoms with Crippen molar-refractivity contribution in [2.75, 3.05) is 5.73 Å². The number of hydrogen-bond donors (Lipinski definition) is 1. The van der Waals surface area contributed by atoms with Gasteiger partial charge in [0.2, 0.25) is 0 Å². The van der Waals surface area contributed by atoms with E-state index < -0.39 is 0 Å². The molecule has 18 heavy (non-hydrogen) atoms. The summed E-state index contributed by atoms with van der Waals surface area (Å²) in [4.78, 5) is 1.15. The second-order valence-electron chi connectivity index (χ2n) is 4.02. The molecule has 2 rings (SSSR count). The number of aromatic nitrogens is 2. The van der Waals surface area contributed by atoms with Gasteiger partial charge in [-0.15, -0.1) is 11.8 Å². The highest BCUT2D eigenvalue weighted by molar-refractivity contribution is 7.98. The maximum absolute atomic E-state index is 6.27. The largest absolute Gasteiger partial charge is 0.399 e. The molecule has 2 aromatic rings. The summed E-state index contributed by atoms with van der Waals surface area (Å²) < 4.78 is 1.96. The summed E-state index contributed by atoms with van der Waals surface area (Å²) in [5.41, 5.74) is 8.51. The molecule has 5 heteroatoms. The molecule has 0 unspecified atom stereocenters. The zero-order valence-electron chi connectivity index (χ0n) is 10.5. The van der Waals surface area contributed by atoms with Gasteiger partial charge in [-0.3, -0.25) is 4.68 Å². The molecule has 0 radical (unpaired) electrons. The Kier molecular flexibility index (Phi) is 4.19. The molecule has 1 aromatic carbocycles. The first-order chi connectivity index (χ1) is 8.61. The first-order valence-corrected chi connectivity index (χ1v) is 7.18. The van der Waals surface area contributed by atoms with E-state index in [1.54, 1.807) is 11.8 Å². The predicted molar refractivity (Wildman–Crippen MR) is 78.1 cm³/mol. The summed E-state index contributed by atoms with van der Waals surface area (Å²) in [6, 6.07) is 7.87. The van der Waals surface area contributed by atoms with Crippen LogP contribution in [0.2, 0.25) is 5.02 Å². The highest BCUT2D eigenvalue weighted by Crippen LogP contribution is 2.29. The zero-order chi connectivity index (χ0) is 13.1. The van der Waals surface area contributed by atoms with Crippen LogP contribution in [0.5, 0.6) is 0 Å². The first kappa shape index (κ1) is 13.3. The van der Waals surface area contributed by atoms with E-state index in [4.69, 9.17) is 17.3 Å². The summed E-state index contributed by atoms with van der Waals surface area (Å²) in [5.74, 6) is 0.803. The molecule has 0 bridgehead atoms. The fourth-order valence-corrected chi connectivity index (χ4v) is 3.04. The Morgan fingerprint density at radius 2 is 2.22 bits per heavy atom. The monoisotopic (exact) mass is 281 g/mol. The lowest BCUT2D eigenvalue weighted by Gasteiger charge is -2.06. The number of rotatable bonds is 4.